The van der Waals surface area contributed by atoms with Crippen molar-refractivity contribution in [2.24, 2.45) is 0 Å². The third-order valence-electron chi connectivity index (χ3n) is 1.60. The normalized spacial score (nSPS) is 15.4. The maximum absolute atomic E-state index is 10.8. The van der Waals surface area contributed by atoms with Gasteiger partial charge in [0.25, 0.3) is 10.1 Å². The van der Waals surface area contributed by atoms with E-state index in [1.807, 2.05) is 0 Å². The van der Waals surface area contributed by atoms with E-state index in [0.717, 1.165) is 6.26 Å². The van der Waals surface area contributed by atoms with Crippen LogP contribution in [0.1, 0.15) is 19.8 Å². The second kappa shape index (κ2) is 5.06. The van der Waals surface area contributed by atoms with Crippen LogP contribution in [0.25, 0.3) is 0 Å². The fourth-order valence-electron chi connectivity index (χ4n) is 0.940. The van der Waals surface area contributed by atoms with Crippen molar-refractivity contribution in [2.45, 2.75) is 25.8 Å². The number of hydrogen-bond donors (Lipinski definition) is 2. The summed E-state index contributed by atoms with van der Waals surface area (Å²) in [7, 11) is -7.35. The van der Waals surface area contributed by atoms with Crippen molar-refractivity contribution >= 4 is 20.1 Å². The van der Waals surface area contributed by atoms with E-state index in [-0.39, 0.29) is 6.42 Å². The molecule has 1 unspecified atom stereocenters. The molecule has 6 nitrogen and oxygen atoms in total. The van der Waals surface area contributed by atoms with E-state index in [2.05, 4.69) is 4.72 Å². The van der Waals surface area contributed by atoms with E-state index in [1.165, 1.54) is 0 Å². The van der Waals surface area contributed by atoms with Crippen molar-refractivity contribution in [1.29, 1.82) is 0 Å². The van der Waals surface area contributed by atoms with Crippen molar-refractivity contribution in [2.75, 3.05) is 12.0 Å². The Morgan fingerprint density at radius 2 is 1.79 bits per heavy atom. The average Bonchev–Trinajstić information content (AvgIpc) is 1.94. The fraction of sp³-hybridized carbons (Fsp3) is 1.00. The minimum atomic E-state index is -4.02. The van der Waals surface area contributed by atoms with Crippen LogP contribution in [0.5, 0.6) is 0 Å². The van der Waals surface area contributed by atoms with E-state index in [4.69, 9.17) is 4.55 Å². The molecule has 0 aromatic carbocycles. The minimum absolute atomic E-state index is 0.0718. The van der Waals surface area contributed by atoms with Gasteiger partial charge >= 0.3 is 0 Å². The number of rotatable bonds is 6. The molecule has 0 amide bonds. The van der Waals surface area contributed by atoms with Gasteiger partial charge in [0, 0.05) is 6.04 Å². The summed E-state index contributed by atoms with van der Waals surface area (Å²) in [6.45, 7) is 1.73. The van der Waals surface area contributed by atoms with Gasteiger partial charge in [-0.05, 0) is 12.8 Å². The Hall–Kier alpha value is -0.180. The van der Waals surface area contributed by atoms with Crippen LogP contribution >= 0.6 is 0 Å². The molecule has 0 aliphatic rings. The van der Waals surface area contributed by atoms with Crippen molar-refractivity contribution in [1.82, 2.24) is 4.72 Å². The first-order valence-corrected chi connectivity index (χ1v) is 7.56. The van der Waals surface area contributed by atoms with Crippen LogP contribution in [-0.2, 0) is 20.1 Å². The standard InChI is InChI=1S/C6H15NO5S2/c1-3-6(7-13(2,8)9)4-5-14(10,11)12/h6-7H,3-5H2,1-2H3,(H,10,11,12). The van der Waals surface area contributed by atoms with Crippen LogP contribution in [-0.4, -0.2) is 39.4 Å². The van der Waals surface area contributed by atoms with Gasteiger partial charge in [-0.25, -0.2) is 13.1 Å². The third-order valence-corrected chi connectivity index (χ3v) is 3.11. The predicted molar refractivity (Wildman–Crippen MR) is 53.1 cm³/mol. The average molecular weight is 245 g/mol. The largest absolute Gasteiger partial charge is 0.286 e. The highest BCUT2D eigenvalue weighted by atomic mass is 32.2. The molecule has 0 spiro atoms. The monoisotopic (exact) mass is 245 g/mol. The first-order valence-electron chi connectivity index (χ1n) is 4.06. The first kappa shape index (κ1) is 13.8. The Balaban J connectivity index is 4.19. The van der Waals surface area contributed by atoms with Crippen LogP contribution in [0.3, 0.4) is 0 Å². The Bertz CT molecular complexity index is 358. The lowest BCUT2D eigenvalue weighted by Gasteiger charge is -2.13. The van der Waals surface area contributed by atoms with Crippen molar-refractivity contribution in [3.63, 3.8) is 0 Å². The number of hydrogen-bond acceptors (Lipinski definition) is 4. The lowest BCUT2D eigenvalue weighted by molar-refractivity contribution is 0.470. The molecule has 86 valence electrons. The topological polar surface area (TPSA) is 101 Å². The van der Waals surface area contributed by atoms with E-state index >= 15 is 0 Å². The summed E-state index contributed by atoms with van der Waals surface area (Å²) >= 11 is 0. The van der Waals surface area contributed by atoms with Crippen molar-refractivity contribution in [3.8, 4) is 0 Å². The SMILES string of the molecule is CCC(CCS(=O)(=O)O)NS(C)(=O)=O. The smallest absolute Gasteiger partial charge is 0.264 e. The quantitative estimate of drug-likeness (QED) is 0.620. The van der Waals surface area contributed by atoms with Gasteiger partial charge in [0.05, 0.1) is 12.0 Å². The van der Waals surface area contributed by atoms with Gasteiger partial charge in [-0.1, -0.05) is 6.92 Å². The van der Waals surface area contributed by atoms with Gasteiger partial charge in [-0.3, -0.25) is 4.55 Å². The Morgan fingerprint density at radius 1 is 1.29 bits per heavy atom. The Labute approximate surface area is 84.5 Å². The summed E-state index contributed by atoms with van der Waals surface area (Å²) < 4.78 is 53.1. The molecule has 0 aliphatic heterocycles. The zero-order chi connectivity index (χ0) is 11.4. The molecule has 0 bridgehead atoms. The summed E-state index contributed by atoms with van der Waals surface area (Å²) in [5.41, 5.74) is 0. The maximum Gasteiger partial charge on any atom is 0.264 e. The van der Waals surface area contributed by atoms with Crippen LogP contribution in [0, 0.1) is 0 Å². The van der Waals surface area contributed by atoms with Gasteiger partial charge in [-0.2, -0.15) is 8.42 Å². The zero-order valence-electron chi connectivity index (χ0n) is 8.10. The second-order valence-electron chi connectivity index (χ2n) is 3.07. The highest BCUT2D eigenvalue weighted by Gasteiger charge is 2.14. The molecule has 0 saturated carbocycles. The molecule has 0 saturated heterocycles. The van der Waals surface area contributed by atoms with Gasteiger partial charge in [-0.15, -0.1) is 0 Å². The molecule has 0 aromatic heterocycles. The van der Waals surface area contributed by atoms with Crippen LogP contribution in [0.2, 0.25) is 0 Å². The summed E-state index contributed by atoms with van der Waals surface area (Å²) in [6.07, 6.45) is 1.55. The number of nitrogens with one attached hydrogen (secondary N) is 1. The summed E-state index contributed by atoms with van der Waals surface area (Å²) in [4.78, 5) is 0. The molecule has 0 aromatic rings. The van der Waals surface area contributed by atoms with E-state index in [9.17, 15) is 16.8 Å². The lowest BCUT2D eigenvalue weighted by Crippen LogP contribution is -2.34. The number of sulfonamides is 1. The van der Waals surface area contributed by atoms with E-state index in [1.54, 1.807) is 6.92 Å². The van der Waals surface area contributed by atoms with Crippen LogP contribution in [0.15, 0.2) is 0 Å². The molecule has 0 rings (SSSR count). The Kier molecular flexibility index (Phi) is 4.99. The summed E-state index contributed by atoms with van der Waals surface area (Å²) in [5, 5.41) is 0. The molecule has 14 heavy (non-hydrogen) atoms. The molecular weight excluding hydrogens is 230 g/mol. The van der Waals surface area contributed by atoms with Crippen LogP contribution < -0.4 is 4.72 Å². The highest BCUT2D eigenvalue weighted by molar-refractivity contribution is 7.88. The van der Waals surface area contributed by atoms with E-state index in [0.29, 0.717) is 6.42 Å². The maximum atomic E-state index is 10.8. The van der Waals surface area contributed by atoms with Crippen LogP contribution in [0.4, 0.5) is 0 Å². The first-order chi connectivity index (χ1) is 6.14. The van der Waals surface area contributed by atoms with Crippen molar-refractivity contribution in [3.05, 3.63) is 0 Å². The summed E-state index contributed by atoms with van der Waals surface area (Å²) in [5.74, 6) is -0.436. The molecule has 0 radical (unpaired) electrons. The van der Waals surface area contributed by atoms with Gasteiger partial charge in [0.15, 0.2) is 0 Å². The third kappa shape index (κ3) is 8.42. The molecular formula is C6H15NO5S2. The van der Waals surface area contributed by atoms with Gasteiger partial charge < -0.3 is 0 Å². The molecule has 2 N–H and O–H groups in total. The molecule has 1 atom stereocenters. The Morgan fingerprint density at radius 3 is 2.07 bits per heavy atom. The second-order valence-corrected chi connectivity index (χ2v) is 6.42. The predicted octanol–water partition coefficient (Wildman–Crippen LogP) is -0.408. The highest BCUT2D eigenvalue weighted by Crippen LogP contribution is 2.01. The molecule has 8 heteroatoms. The summed E-state index contributed by atoms with van der Waals surface area (Å²) in [6, 6.07) is -0.452. The minimum Gasteiger partial charge on any atom is -0.286 e. The molecule has 0 heterocycles. The van der Waals surface area contributed by atoms with Gasteiger partial charge in [0.2, 0.25) is 10.0 Å². The lowest BCUT2D eigenvalue weighted by atomic mass is 10.2. The van der Waals surface area contributed by atoms with Gasteiger partial charge in [0.1, 0.15) is 0 Å². The molecule has 0 aliphatic carbocycles. The van der Waals surface area contributed by atoms with Crippen molar-refractivity contribution < 1.29 is 21.4 Å². The molecule has 0 fully saturated rings. The van der Waals surface area contributed by atoms with E-state index < -0.39 is 31.9 Å². The fourth-order valence-corrected chi connectivity index (χ4v) is 2.41. The zero-order valence-corrected chi connectivity index (χ0v) is 9.73.